The van der Waals surface area contributed by atoms with E-state index in [4.69, 9.17) is 0 Å². The molecule has 0 saturated carbocycles. The molecule has 0 spiro atoms. The van der Waals surface area contributed by atoms with E-state index in [0.29, 0.717) is 11.3 Å². The van der Waals surface area contributed by atoms with Crippen LogP contribution in [0.3, 0.4) is 0 Å². The SMILES string of the molecule is O=C(N[C@@H](Cc1ccc2ccccc2n1)C(=O)O)c1ccc(-c2ccccc2)cc1. The van der Waals surface area contributed by atoms with E-state index in [-0.39, 0.29) is 6.42 Å². The molecule has 0 radical (unpaired) electrons. The second-order valence-corrected chi connectivity index (χ2v) is 7.01. The fraction of sp³-hybridized carbons (Fsp3) is 0.0800. The number of carboxylic acids is 1. The van der Waals surface area contributed by atoms with Crippen molar-refractivity contribution in [2.45, 2.75) is 12.5 Å². The number of carboxylic acid groups (broad SMARTS) is 1. The van der Waals surface area contributed by atoms with E-state index < -0.39 is 17.9 Å². The van der Waals surface area contributed by atoms with E-state index in [1.54, 1.807) is 18.2 Å². The molecule has 0 aliphatic rings. The van der Waals surface area contributed by atoms with E-state index >= 15 is 0 Å². The highest BCUT2D eigenvalue weighted by atomic mass is 16.4. The Balaban J connectivity index is 1.48. The predicted molar refractivity (Wildman–Crippen MR) is 116 cm³/mol. The Morgan fingerprint density at radius 3 is 2.20 bits per heavy atom. The highest BCUT2D eigenvalue weighted by Gasteiger charge is 2.22. The average molecular weight is 396 g/mol. The van der Waals surface area contributed by atoms with E-state index in [1.165, 1.54) is 0 Å². The maximum absolute atomic E-state index is 12.6. The molecule has 30 heavy (non-hydrogen) atoms. The van der Waals surface area contributed by atoms with Crippen molar-refractivity contribution >= 4 is 22.8 Å². The third-order valence-electron chi connectivity index (χ3n) is 4.93. The van der Waals surface area contributed by atoms with Gasteiger partial charge in [0.25, 0.3) is 5.91 Å². The number of para-hydroxylation sites is 1. The number of nitrogens with one attached hydrogen (secondary N) is 1. The summed E-state index contributed by atoms with van der Waals surface area (Å²) < 4.78 is 0. The van der Waals surface area contributed by atoms with Gasteiger partial charge in [-0.25, -0.2) is 4.79 Å². The largest absolute Gasteiger partial charge is 0.480 e. The fourth-order valence-electron chi connectivity index (χ4n) is 3.32. The summed E-state index contributed by atoms with van der Waals surface area (Å²) in [7, 11) is 0. The van der Waals surface area contributed by atoms with Gasteiger partial charge in [0.2, 0.25) is 0 Å². The average Bonchev–Trinajstić information content (AvgIpc) is 2.79. The first-order chi connectivity index (χ1) is 14.6. The van der Waals surface area contributed by atoms with Crippen LogP contribution in [0.2, 0.25) is 0 Å². The van der Waals surface area contributed by atoms with Gasteiger partial charge in [0, 0.05) is 23.1 Å². The molecule has 0 aliphatic heterocycles. The maximum Gasteiger partial charge on any atom is 0.326 e. The van der Waals surface area contributed by atoms with Crippen molar-refractivity contribution in [1.29, 1.82) is 0 Å². The van der Waals surface area contributed by atoms with Crippen molar-refractivity contribution in [2.24, 2.45) is 0 Å². The zero-order valence-electron chi connectivity index (χ0n) is 16.2. The van der Waals surface area contributed by atoms with Crippen LogP contribution < -0.4 is 5.32 Å². The van der Waals surface area contributed by atoms with Crippen molar-refractivity contribution in [1.82, 2.24) is 10.3 Å². The van der Waals surface area contributed by atoms with Crippen LogP contribution in [0.25, 0.3) is 22.0 Å². The van der Waals surface area contributed by atoms with Gasteiger partial charge in [-0.1, -0.05) is 66.7 Å². The molecule has 0 fully saturated rings. The molecule has 5 heteroatoms. The minimum atomic E-state index is -1.10. The topological polar surface area (TPSA) is 79.3 Å². The Bertz CT molecular complexity index is 1190. The number of hydrogen-bond donors (Lipinski definition) is 2. The van der Waals surface area contributed by atoms with E-state index in [0.717, 1.165) is 22.0 Å². The summed E-state index contributed by atoms with van der Waals surface area (Å²) in [6, 6.07) is 27.2. The second-order valence-electron chi connectivity index (χ2n) is 7.01. The molecular weight excluding hydrogens is 376 g/mol. The summed E-state index contributed by atoms with van der Waals surface area (Å²) in [6.07, 6.45) is 0.105. The normalized spacial score (nSPS) is 11.7. The molecule has 4 rings (SSSR count). The molecule has 3 aromatic carbocycles. The van der Waals surface area contributed by atoms with Gasteiger partial charge in [-0.05, 0) is 35.4 Å². The number of amides is 1. The molecule has 1 aromatic heterocycles. The van der Waals surface area contributed by atoms with E-state index in [1.807, 2.05) is 72.8 Å². The van der Waals surface area contributed by atoms with Crippen molar-refractivity contribution in [2.75, 3.05) is 0 Å². The van der Waals surface area contributed by atoms with Crippen LogP contribution in [0.4, 0.5) is 0 Å². The third-order valence-corrected chi connectivity index (χ3v) is 4.93. The number of fused-ring (bicyclic) bond motifs is 1. The van der Waals surface area contributed by atoms with Gasteiger partial charge in [-0.15, -0.1) is 0 Å². The fourth-order valence-corrected chi connectivity index (χ4v) is 3.32. The first-order valence-corrected chi connectivity index (χ1v) is 9.64. The maximum atomic E-state index is 12.6. The highest BCUT2D eigenvalue weighted by molar-refractivity contribution is 5.97. The molecule has 148 valence electrons. The number of aromatic nitrogens is 1. The van der Waals surface area contributed by atoms with Gasteiger partial charge in [0.1, 0.15) is 6.04 Å². The first kappa shape index (κ1) is 19.3. The summed E-state index contributed by atoms with van der Waals surface area (Å²) in [4.78, 5) is 28.9. The number of pyridine rings is 1. The summed E-state index contributed by atoms with van der Waals surface area (Å²) in [5, 5.41) is 13.2. The summed E-state index contributed by atoms with van der Waals surface area (Å²) in [6.45, 7) is 0. The highest BCUT2D eigenvalue weighted by Crippen LogP contribution is 2.19. The lowest BCUT2D eigenvalue weighted by atomic mass is 10.0. The molecule has 1 heterocycles. The molecule has 0 aliphatic carbocycles. The Labute approximate surface area is 174 Å². The summed E-state index contributed by atoms with van der Waals surface area (Å²) in [5.41, 5.74) is 3.85. The minimum absolute atomic E-state index is 0.105. The molecule has 0 bridgehead atoms. The molecule has 1 amide bonds. The van der Waals surface area contributed by atoms with Crippen LogP contribution in [0.1, 0.15) is 16.1 Å². The lowest BCUT2D eigenvalue weighted by Crippen LogP contribution is -2.42. The molecule has 4 aromatic rings. The molecule has 0 saturated heterocycles. The van der Waals surface area contributed by atoms with Crippen LogP contribution in [0, 0.1) is 0 Å². The van der Waals surface area contributed by atoms with Gasteiger partial charge in [-0.2, -0.15) is 0 Å². The zero-order valence-corrected chi connectivity index (χ0v) is 16.2. The Hall–Kier alpha value is -3.99. The standard InChI is InChI=1S/C25H20N2O3/c28-24(20-12-10-18(11-13-20)17-6-2-1-3-7-17)27-23(25(29)30)16-21-15-14-19-8-4-5-9-22(19)26-21/h1-15,23H,16H2,(H,27,28)(H,29,30)/t23-/m0/s1. The van der Waals surface area contributed by atoms with E-state index in [2.05, 4.69) is 10.3 Å². The van der Waals surface area contributed by atoms with Gasteiger partial charge in [0.05, 0.1) is 5.52 Å². The monoisotopic (exact) mass is 396 g/mol. The van der Waals surface area contributed by atoms with Crippen LogP contribution in [0.15, 0.2) is 91.0 Å². The Morgan fingerprint density at radius 2 is 1.47 bits per heavy atom. The molecule has 1 atom stereocenters. The van der Waals surface area contributed by atoms with Crippen LogP contribution in [-0.4, -0.2) is 28.0 Å². The number of rotatable bonds is 6. The third kappa shape index (κ3) is 4.36. The lowest BCUT2D eigenvalue weighted by Gasteiger charge is -2.15. The van der Waals surface area contributed by atoms with E-state index in [9.17, 15) is 14.7 Å². The molecular formula is C25H20N2O3. The van der Waals surface area contributed by atoms with Gasteiger partial charge < -0.3 is 10.4 Å². The predicted octanol–water partition coefficient (Wildman–Crippen LogP) is 4.33. The Kier molecular flexibility index (Phi) is 5.52. The van der Waals surface area contributed by atoms with Crippen LogP contribution >= 0.6 is 0 Å². The number of carbonyl (C=O) groups is 2. The van der Waals surface area contributed by atoms with Crippen LogP contribution in [-0.2, 0) is 11.2 Å². The van der Waals surface area contributed by atoms with Crippen LogP contribution in [0.5, 0.6) is 0 Å². The molecule has 5 nitrogen and oxygen atoms in total. The van der Waals surface area contributed by atoms with Crippen molar-refractivity contribution < 1.29 is 14.7 Å². The lowest BCUT2D eigenvalue weighted by molar-refractivity contribution is -0.139. The summed E-state index contributed by atoms with van der Waals surface area (Å²) >= 11 is 0. The van der Waals surface area contributed by atoms with Crippen molar-refractivity contribution in [3.63, 3.8) is 0 Å². The number of hydrogen-bond acceptors (Lipinski definition) is 3. The van der Waals surface area contributed by atoms with Gasteiger partial charge in [0.15, 0.2) is 0 Å². The molecule has 2 N–H and O–H groups in total. The first-order valence-electron chi connectivity index (χ1n) is 9.64. The molecule has 0 unspecified atom stereocenters. The second kappa shape index (κ2) is 8.57. The number of aliphatic carboxylic acids is 1. The summed E-state index contributed by atoms with van der Waals surface area (Å²) in [5.74, 6) is -1.53. The quantitative estimate of drug-likeness (QED) is 0.508. The Morgan fingerprint density at radius 1 is 0.800 bits per heavy atom. The van der Waals surface area contributed by atoms with Crippen molar-refractivity contribution in [3.05, 3.63) is 102 Å². The van der Waals surface area contributed by atoms with Gasteiger partial charge >= 0.3 is 5.97 Å². The smallest absolute Gasteiger partial charge is 0.326 e. The number of benzene rings is 3. The van der Waals surface area contributed by atoms with Crippen molar-refractivity contribution in [3.8, 4) is 11.1 Å². The minimum Gasteiger partial charge on any atom is -0.480 e. The zero-order chi connectivity index (χ0) is 20.9. The van der Waals surface area contributed by atoms with Gasteiger partial charge in [-0.3, -0.25) is 9.78 Å². The number of nitrogens with zero attached hydrogens (tertiary/aromatic N) is 1. The number of carbonyl (C=O) groups excluding carboxylic acids is 1.